The first-order valence-corrected chi connectivity index (χ1v) is 7.94. The summed E-state index contributed by atoms with van der Waals surface area (Å²) < 4.78 is 7.13. The molecule has 1 aromatic carbocycles. The Labute approximate surface area is 126 Å². The molecule has 2 rings (SSSR count). The normalized spacial score (nSPS) is 12.4. The first-order valence-electron chi connectivity index (χ1n) is 6.26. The van der Waals surface area contributed by atoms with E-state index in [1.807, 2.05) is 13.0 Å². The lowest BCUT2D eigenvalue weighted by Gasteiger charge is -2.15. The summed E-state index contributed by atoms with van der Waals surface area (Å²) in [6.45, 7) is 4.68. The molecule has 2 nitrogen and oxygen atoms in total. The maximum Gasteiger partial charge on any atom is 0.126 e. The van der Waals surface area contributed by atoms with Crippen LogP contribution in [0.2, 0.25) is 0 Å². The Hall–Kier alpha value is -0.840. The quantitative estimate of drug-likeness (QED) is 0.881. The molecule has 0 aliphatic rings. The lowest BCUT2D eigenvalue weighted by atomic mass is 10.0. The third-order valence-corrected chi connectivity index (χ3v) is 4.77. The molecule has 102 valence electrons. The molecule has 0 saturated carbocycles. The van der Waals surface area contributed by atoms with Crippen molar-refractivity contribution in [3.05, 3.63) is 50.1 Å². The van der Waals surface area contributed by atoms with Gasteiger partial charge in [0.1, 0.15) is 12.4 Å². The van der Waals surface area contributed by atoms with E-state index < -0.39 is 0 Å². The van der Waals surface area contributed by atoms with E-state index in [2.05, 4.69) is 46.4 Å². The fraction of sp³-hybridized carbons (Fsp3) is 0.333. The topological polar surface area (TPSA) is 35.2 Å². The Morgan fingerprint density at radius 1 is 1.37 bits per heavy atom. The molecule has 0 aliphatic heterocycles. The minimum atomic E-state index is 0.137. The number of para-hydroxylation sites is 1. The molecule has 1 aromatic heterocycles. The highest BCUT2D eigenvalue weighted by Gasteiger charge is 2.10. The molecule has 0 saturated heterocycles. The summed E-state index contributed by atoms with van der Waals surface area (Å²) in [6.07, 6.45) is 0.836. The third-order valence-electron chi connectivity index (χ3n) is 2.87. The van der Waals surface area contributed by atoms with E-state index in [1.54, 1.807) is 11.3 Å². The SMILES string of the molecule is Cc1cccc(CC(C)N)c1OCc1sccc1Br. The third kappa shape index (κ3) is 3.81. The van der Waals surface area contributed by atoms with Gasteiger partial charge in [0.05, 0.1) is 4.88 Å². The van der Waals surface area contributed by atoms with Gasteiger partial charge in [0.15, 0.2) is 0 Å². The van der Waals surface area contributed by atoms with Crippen molar-refractivity contribution in [2.24, 2.45) is 5.73 Å². The zero-order valence-corrected chi connectivity index (χ0v) is 13.6. The van der Waals surface area contributed by atoms with Gasteiger partial charge in [-0.2, -0.15) is 0 Å². The van der Waals surface area contributed by atoms with Crippen molar-refractivity contribution < 1.29 is 4.74 Å². The molecule has 0 aliphatic carbocycles. The molecular weight excluding hydrogens is 322 g/mol. The van der Waals surface area contributed by atoms with Crippen LogP contribution in [0, 0.1) is 6.92 Å². The standard InChI is InChI=1S/C15H18BrNOS/c1-10-4-3-5-12(8-11(2)17)15(10)18-9-14-13(16)6-7-19-14/h3-7,11H,8-9,17H2,1-2H3. The number of aryl methyl sites for hydroxylation is 1. The van der Waals surface area contributed by atoms with Crippen molar-refractivity contribution in [1.29, 1.82) is 0 Å². The zero-order valence-electron chi connectivity index (χ0n) is 11.2. The van der Waals surface area contributed by atoms with Crippen LogP contribution < -0.4 is 10.5 Å². The van der Waals surface area contributed by atoms with E-state index in [0.29, 0.717) is 6.61 Å². The molecule has 0 fully saturated rings. The number of nitrogens with two attached hydrogens (primary N) is 1. The second-order valence-corrected chi connectivity index (χ2v) is 6.58. The summed E-state index contributed by atoms with van der Waals surface area (Å²) in [6, 6.07) is 8.40. The van der Waals surface area contributed by atoms with Gasteiger partial charge < -0.3 is 10.5 Å². The number of hydrogen-bond acceptors (Lipinski definition) is 3. The molecule has 0 bridgehead atoms. The van der Waals surface area contributed by atoms with Gasteiger partial charge in [-0.15, -0.1) is 11.3 Å². The smallest absolute Gasteiger partial charge is 0.126 e. The zero-order chi connectivity index (χ0) is 13.8. The maximum absolute atomic E-state index is 6.02. The fourth-order valence-corrected chi connectivity index (χ4v) is 3.37. The highest BCUT2D eigenvalue weighted by atomic mass is 79.9. The molecular formula is C15H18BrNOS. The van der Waals surface area contributed by atoms with Gasteiger partial charge in [0, 0.05) is 10.5 Å². The highest BCUT2D eigenvalue weighted by molar-refractivity contribution is 9.10. The Morgan fingerprint density at radius 2 is 2.16 bits per heavy atom. The highest BCUT2D eigenvalue weighted by Crippen LogP contribution is 2.28. The summed E-state index contributed by atoms with van der Waals surface area (Å²) in [5.74, 6) is 0.972. The lowest BCUT2D eigenvalue weighted by Crippen LogP contribution is -2.18. The molecule has 4 heteroatoms. The van der Waals surface area contributed by atoms with Gasteiger partial charge in [-0.05, 0) is 58.8 Å². The molecule has 0 radical (unpaired) electrons. The Bertz CT molecular complexity index is 551. The summed E-state index contributed by atoms with van der Waals surface area (Å²) in [4.78, 5) is 1.20. The van der Waals surface area contributed by atoms with Gasteiger partial charge in [0.2, 0.25) is 0 Å². The molecule has 19 heavy (non-hydrogen) atoms. The molecule has 0 spiro atoms. The Kier molecular flexibility index (Phi) is 5.02. The monoisotopic (exact) mass is 339 g/mol. The first kappa shape index (κ1) is 14.6. The molecule has 1 atom stereocenters. The van der Waals surface area contributed by atoms with Crippen LogP contribution in [0.4, 0.5) is 0 Å². The number of halogens is 1. The van der Waals surface area contributed by atoms with E-state index in [9.17, 15) is 0 Å². The number of rotatable bonds is 5. The summed E-state index contributed by atoms with van der Waals surface area (Å²) in [7, 11) is 0. The van der Waals surface area contributed by atoms with Crippen LogP contribution in [-0.2, 0) is 13.0 Å². The van der Waals surface area contributed by atoms with Crippen LogP contribution in [0.1, 0.15) is 22.9 Å². The van der Waals surface area contributed by atoms with Gasteiger partial charge >= 0.3 is 0 Å². The van der Waals surface area contributed by atoms with E-state index in [0.717, 1.165) is 22.2 Å². The largest absolute Gasteiger partial charge is 0.487 e. The Balaban J connectivity index is 2.17. The summed E-state index contributed by atoms with van der Waals surface area (Å²) in [5.41, 5.74) is 8.24. The molecule has 2 N–H and O–H groups in total. The van der Waals surface area contributed by atoms with Gasteiger partial charge in [-0.1, -0.05) is 18.2 Å². The Morgan fingerprint density at radius 3 is 2.79 bits per heavy atom. The van der Waals surface area contributed by atoms with Crippen molar-refractivity contribution in [3.63, 3.8) is 0 Å². The van der Waals surface area contributed by atoms with Gasteiger partial charge in [-0.25, -0.2) is 0 Å². The minimum Gasteiger partial charge on any atom is -0.487 e. The lowest BCUT2D eigenvalue weighted by molar-refractivity contribution is 0.303. The van der Waals surface area contributed by atoms with E-state index in [1.165, 1.54) is 10.4 Å². The average molecular weight is 340 g/mol. The van der Waals surface area contributed by atoms with Crippen LogP contribution >= 0.6 is 27.3 Å². The van der Waals surface area contributed by atoms with Crippen LogP contribution in [0.5, 0.6) is 5.75 Å². The second-order valence-electron chi connectivity index (χ2n) is 4.72. The van der Waals surface area contributed by atoms with Crippen LogP contribution in [0.15, 0.2) is 34.1 Å². The maximum atomic E-state index is 6.02. The van der Waals surface area contributed by atoms with E-state index >= 15 is 0 Å². The van der Waals surface area contributed by atoms with Crippen LogP contribution in [0.25, 0.3) is 0 Å². The molecule has 1 heterocycles. The number of ether oxygens (including phenoxy) is 1. The summed E-state index contributed by atoms with van der Waals surface area (Å²) in [5, 5.41) is 2.06. The van der Waals surface area contributed by atoms with Crippen LogP contribution in [0.3, 0.4) is 0 Å². The van der Waals surface area contributed by atoms with Gasteiger partial charge in [0.25, 0.3) is 0 Å². The van der Waals surface area contributed by atoms with E-state index in [4.69, 9.17) is 10.5 Å². The predicted octanol–water partition coefficient (Wildman–Crippen LogP) is 4.29. The van der Waals surface area contributed by atoms with Crippen molar-refractivity contribution in [1.82, 2.24) is 0 Å². The number of benzene rings is 1. The number of thiophene rings is 1. The molecule has 0 amide bonds. The second kappa shape index (κ2) is 6.55. The van der Waals surface area contributed by atoms with Gasteiger partial charge in [-0.3, -0.25) is 0 Å². The predicted molar refractivity (Wildman–Crippen MR) is 84.9 cm³/mol. The van der Waals surface area contributed by atoms with E-state index in [-0.39, 0.29) is 6.04 Å². The van der Waals surface area contributed by atoms with Crippen LogP contribution in [-0.4, -0.2) is 6.04 Å². The molecule has 1 unspecified atom stereocenters. The average Bonchev–Trinajstić information content (AvgIpc) is 2.73. The summed E-state index contributed by atoms with van der Waals surface area (Å²) >= 11 is 5.23. The van der Waals surface area contributed by atoms with Crippen molar-refractivity contribution in [2.45, 2.75) is 32.9 Å². The van der Waals surface area contributed by atoms with Crippen molar-refractivity contribution in [2.75, 3.05) is 0 Å². The van der Waals surface area contributed by atoms with Crippen molar-refractivity contribution >= 4 is 27.3 Å². The van der Waals surface area contributed by atoms with Crippen molar-refractivity contribution in [3.8, 4) is 5.75 Å². The number of hydrogen-bond donors (Lipinski definition) is 1. The minimum absolute atomic E-state index is 0.137. The first-order chi connectivity index (χ1) is 9.08. The fourth-order valence-electron chi connectivity index (χ4n) is 1.99. The molecule has 2 aromatic rings.